The zero-order chi connectivity index (χ0) is 14.4. The van der Waals surface area contributed by atoms with E-state index in [1.807, 2.05) is 19.0 Å². The topological polar surface area (TPSA) is 64.2 Å². The van der Waals surface area contributed by atoms with E-state index in [2.05, 4.69) is 12.0 Å². The van der Waals surface area contributed by atoms with Crippen LogP contribution in [0.1, 0.15) is 36.7 Å². The first-order valence-corrected chi connectivity index (χ1v) is 6.98. The molecular weight excluding hydrogens is 264 g/mol. The third kappa shape index (κ3) is 4.93. The highest BCUT2D eigenvalue weighted by atomic mass is 35.5. The summed E-state index contributed by atoms with van der Waals surface area (Å²) < 4.78 is 1.67. The Morgan fingerprint density at radius 1 is 1.58 bits per heavy atom. The van der Waals surface area contributed by atoms with Gasteiger partial charge in [0.25, 0.3) is 0 Å². The number of nitrogens with zero attached hydrogens (tertiary/aromatic N) is 3. The van der Waals surface area contributed by atoms with Crippen LogP contribution in [-0.2, 0) is 6.54 Å². The van der Waals surface area contributed by atoms with Gasteiger partial charge in [0.05, 0.1) is 17.8 Å². The lowest BCUT2D eigenvalue weighted by Gasteiger charge is -2.13. The lowest BCUT2D eigenvalue weighted by Crippen LogP contribution is -2.26. The van der Waals surface area contributed by atoms with Crippen molar-refractivity contribution < 1.29 is 4.79 Å². The Morgan fingerprint density at radius 3 is 2.84 bits per heavy atom. The molecular formula is C13H23ClN4O. The van der Waals surface area contributed by atoms with Crippen LogP contribution in [0.4, 0.5) is 0 Å². The summed E-state index contributed by atoms with van der Waals surface area (Å²) in [6.45, 7) is 3.50. The summed E-state index contributed by atoms with van der Waals surface area (Å²) in [5, 5.41) is 4.57. The van der Waals surface area contributed by atoms with Crippen molar-refractivity contribution in [2.75, 3.05) is 20.6 Å². The molecule has 0 saturated heterocycles. The lowest BCUT2D eigenvalue weighted by molar-refractivity contribution is 0.0962. The number of aromatic nitrogens is 2. The second-order valence-electron chi connectivity index (χ2n) is 5.04. The normalized spacial score (nSPS) is 12.9. The Morgan fingerprint density at radius 2 is 2.26 bits per heavy atom. The van der Waals surface area contributed by atoms with Gasteiger partial charge in [-0.2, -0.15) is 5.10 Å². The SMILES string of the molecule is CCCC(N)CC(=O)c1c(Cl)cnn1CCN(C)C. The molecule has 0 amide bonds. The maximum absolute atomic E-state index is 12.2. The molecule has 1 aromatic rings. The van der Waals surface area contributed by atoms with Crippen molar-refractivity contribution in [2.24, 2.45) is 5.73 Å². The van der Waals surface area contributed by atoms with Crippen molar-refractivity contribution >= 4 is 17.4 Å². The molecule has 0 fully saturated rings. The highest BCUT2D eigenvalue weighted by Gasteiger charge is 2.19. The smallest absolute Gasteiger partial charge is 0.183 e. The first-order valence-electron chi connectivity index (χ1n) is 6.60. The zero-order valence-corrected chi connectivity index (χ0v) is 12.7. The van der Waals surface area contributed by atoms with Crippen molar-refractivity contribution in [3.8, 4) is 0 Å². The van der Waals surface area contributed by atoms with E-state index in [0.29, 0.717) is 23.7 Å². The minimum atomic E-state index is -0.106. The summed E-state index contributed by atoms with van der Waals surface area (Å²) in [4.78, 5) is 14.3. The van der Waals surface area contributed by atoms with Gasteiger partial charge in [-0.05, 0) is 20.5 Å². The molecule has 0 bridgehead atoms. The Bertz CT molecular complexity index is 417. The lowest BCUT2D eigenvalue weighted by atomic mass is 10.0. The van der Waals surface area contributed by atoms with E-state index in [4.69, 9.17) is 17.3 Å². The van der Waals surface area contributed by atoms with E-state index < -0.39 is 0 Å². The molecule has 0 saturated carbocycles. The average molecular weight is 287 g/mol. The summed E-state index contributed by atoms with van der Waals surface area (Å²) in [7, 11) is 3.95. The molecule has 19 heavy (non-hydrogen) atoms. The van der Waals surface area contributed by atoms with Crippen LogP contribution < -0.4 is 5.73 Å². The van der Waals surface area contributed by atoms with Gasteiger partial charge in [0.15, 0.2) is 5.78 Å². The summed E-state index contributed by atoms with van der Waals surface area (Å²) in [6, 6.07) is -0.106. The molecule has 2 N–H and O–H groups in total. The van der Waals surface area contributed by atoms with E-state index in [9.17, 15) is 4.79 Å². The summed E-state index contributed by atoms with van der Waals surface area (Å²) in [5.41, 5.74) is 6.39. The molecule has 0 aromatic carbocycles. The van der Waals surface area contributed by atoms with Crippen molar-refractivity contribution in [3.05, 3.63) is 16.9 Å². The van der Waals surface area contributed by atoms with Crippen LogP contribution in [0.15, 0.2) is 6.20 Å². The predicted octanol–water partition coefficient (Wildman–Crippen LogP) is 1.80. The summed E-state index contributed by atoms with van der Waals surface area (Å²) in [6.07, 6.45) is 3.66. The fraction of sp³-hybridized carbons (Fsp3) is 0.692. The molecule has 1 rings (SSSR count). The molecule has 0 radical (unpaired) electrons. The second-order valence-corrected chi connectivity index (χ2v) is 5.45. The maximum Gasteiger partial charge on any atom is 0.183 e. The van der Waals surface area contributed by atoms with Gasteiger partial charge in [-0.3, -0.25) is 9.48 Å². The van der Waals surface area contributed by atoms with Gasteiger partial charge in [0, 0.05) is 19.0 Å². The number of rotatable bonds is 8. The molecule has 5 nitrogen and oxygen atoms in total. The molecule has 6 heteroatoms. The van der Waals surface area contributed by atoms with E-state index in [1.54, 1.807) is 4.68 Å². The number of halogens is 1. The Kier molecular flexibility index (Phi) is 6.48. The van der Waals surface area contributed by atoms with Gasteiger partial charge in [-0.15, -0.1) is 0 Å². The predicted molar refractivity (Wildman–Crippen MR) is 77.6 cm³/mol. The van der Waals surface area contributed by atoms with Crippen molar-refractivity contribution in [1.29, 1.82) is 0 Å². The molecule has 0 spiro atoms. The molecule has 0 aliphatic heterocycles. The molecule has 1 unspecified atom stereocenters. The van der Waals surface area contributed by atoms with Crippen LogP contribution in [0.25, 0.3) is 0 Å². The van der Waals surface area contributed by atoms with Crippen LogP contribution in [0.5, 0.6) is 0 Å². The van der Waals surface area contributed by atoms with Crippen LogP contribution >= 0.6 is 11.6 Å². The first-order chi connectivity index (χ1) is 8.95. The zero-order valence-electron chi connectivity index (χ0n) is 11.9. The minimum Gasteiger partial charge on any atom is -0.327 e. The number of likely N-dealkylation sites (N-methyl/N-ethyl adjacent to an activating group) is 1. The van der Waals surface area contributed by atoms with Crippen LogP contribution in [0, 0.1) is 0 Å². The van der Waals surface area contributed by atoms with Crippen LogP contribution in [0.3, 0.4) is 0 Å². The molecule has 0 aliphatic rings. The number of carbonyl (C=O) groups excluding carboxylic acids is 1. The molecule has 1 aromatic heterocycles. The molecule has 108 valence electrons. The van der Waals surface area contributed by atoms with Gasteiger partial charge in [0.1, 0.15) is 5.69 Å². The van der Waals surface area contributed by atoms with Gasteiger partial charge >= 0.3 is 0 Å². The monoisotopic (exact) mass is 286 g/mol. The van der Waals surface area contributed by atoms with Gasteiger partial charge in [0.2, 0.25) is 0 Å². The minimum absolute atomic E-state index is 0.0257. The third-order valence-electron chi connectivity index (χ3n) is 2.92. The number of hydrogen-bond acceptors (Lipinski definition) is 4. The van der Waals surface area contributed by atoms with E-state index in [0.717, 1.165) is 19.4 Å². The highest BCUT2D eigenvalue weighted by molar-refractivity contribution is 6.33. The Labute approximate surface area is 119 Å². The fourth-order valence-electron chi connectivity index (χ4n) is 1.91. The first kappa shape index (κ1) is 16.1. The third-order valence-corrected chi connectivity index (χ3v) is 3.20. The number of Topliss-reactive ketones (excluding diaryl/α,β-unsaturated/α-hetero) is 1. The van der Waals surface area contributed by atoms with Crippen molar-refractivity contribution in [3.63, 3.8) is 0 Å². The van der Waals surface area contributed by atoms with Gasteiger partial charge in [-0.1, -0.05) is 24.9 Å². The Balaban J connectivity index is 2.75. The molecule has 1 heterocycles. The van der Waals surface area contributed by atoms with Crippen LogP contribution in [-0.4, -0.2) is 47.1 Å². The van der Waals surface area contributed by atoms with Gasteiger partial charge in [-0.25, -0.2) is 0 Å². The quantitative estimate of drug-likeness (QED) is 0.740. The second kappa shape index (κ2) is 7.62. The van der Waals surface area contributed by atoms with E-state index in [1.165, 1.54) is 6.20 Å². The number of ketones is 1. The van der Waals surface area contributed by atoms with E-state index in [-0.39, 0.29) is 11.8 Å². The number of nitrogens with two attached hydrogens (primary N) is 1. The molecule has 1 atom stereocenters. The standard InChI is InChI=1S/C13H23ClN4O/c1-4-5-10(15)8-12(19)13-11(14)9-16-18(13)7-6-17(2)3/h9-10H,4-8,15H2,1-3H3. The number of carbonyl (C=O) groups is 1. The fourth-order valence-corrected chi connectivity index (χ4v) is 2.16. The summed E-state index contributed by atoms with van der Waals surface area (Å²) in [5.74, 6) is -0.0257. The average Bonchev–Trinajstić information content (AvgIpc) is 2.68. The summed E-state index contributed by atoms with van der Waals surface area (Å²) >= 11 is 6.06. The highest BCUT2D eigenvalue weighted by Crippen LogP contribution is 2.18. The Hall–Kier alpha value is -0.910. The van der Waals surface area contributed by atoms with Gasteiger partial charge < -0.3 is 10.6 Å². The van der Waals surface area contributed by atoms with Crippen molar-refractivity contribution in [2.45, 2.75) is 38.8 Å². The maximum atomic E-state index is 12.2. The van der Waals surface area contributed by atoms with Crippen LogP contribution in [0.2, 0.25) is 5.02 Å². The number of hydrogen-bond donors (Lipinski definition) is 1. The largest absolute Gasteiger partial charge is 0.327 e. The van der Waals surface area contributed by atoms with Crippen molar-refractivity contribution in [1.82, 2.24) is 14.7 Å². The molecule has 0 aliphatic carbocycles. The van der Waals surface area contributed by atoms with E-state index >= 15 is 0 Å².